The number of para-hydroxylation sites is 1. The first-order chi connectivity index (χ1) is 18.7. The van der Waals surface area contributed by atoms with E-state index in [2.05, 4.69) is 41.8 Å². The van der Waals surface area contributed by atoms with Gasteiger partial charge in [-0.05, 0) is 47.2 Å². The van der Waals surface area contributed by atoms with Crippen molar-refractivity contribution in [3.05, 3.63) is 77.2 Å². The van der Waals surface area contributed by atoms with E-state index in [0.29, 0.717) is 45.8 Å². The smallest absolute Gasteiger partial charge is 0.223 e. The number of benzene rings is 3. The molecule has 1 amide bonds. The van der Waals surface area contributed by atoms with Crippen LogP contribution in [-0.2, 0) is 22.5 Å². The second-order valence-electron chi connectivity index (χ2n) is 9.69. The highest BCUT2D eigenvalue weighted by Gasteiger charge is 2.26. The van der Waals surface area contributed by atoms with Gasteiger partial charge in [0, 0.05) is 40.6 Å². The number of hydrogen-bond donors (Lipinski definition) is 0. The number of amides is 1. The van der Waals surface area contributed by atoms with Gasteiger partial charge < -0.3 is 23.8 Å². The number of nitrogens with zero attached hydrogens (tertiary/aromatic N) is 1. The van der Waals surface area contributed by atoms with Gasteiger partial charge in [0.25, 0.3) is 0 Å². The van der Waals surface area contributed by atoms with Crippen LogP contribution in [0.5, 0.6) is 17.2 Å². The molecule has 3 aromatic carbocycles. The molecule has 1 fully saturated rings. The predicted molar refractivity (Wildman–Crippen MR) is 149 cm³/mol. The second kappa shape index (κ2) is 11.1. The molecule has 4 aromatic rings. The highest BCUT2D eigenvalue weighted by molar-refractivity contribution is 7.17. The van der Waals surface area contributed by atoms with E-state index in [9.17, 15) is 4.79 Å². The van der Waals surface area contributed by atoms with Crippen LogP contribution in [0.4, 0.5) is 0 Å². The van der Waals surface area contributed by atoms with Crippen LogP contribution < -0.4 is 14.2 Å². The second-order valence-corrected chi connectivity index (χ2v) is 10.6. The zero-order valence-electron chi connectivity index (χ0n) is 21.5. The molecule has 38 heavy (non-hydrogen) atoms. The SMILES string of the molecule is COc1ccccc1CCC(=O)N1CCOc2c(cc(-c3csc4ccccc34)cc2O[C@@H]2CCOC2)C1. The average Bonchev–Trinajstić information content (AvgIpc) is 3.57. The summed E-state index contributed by atoms with van der Waals surface area (Å²) < 4.78 is 25.0. The third kappa shape index (κ3) is 5.08. The summed E-state index contributed by atoms with van der Waals surface area (Å²) in [6, 6.07) is 20.6. The van der Waals surface area contributed by atoms with Crippen LogP contribution in [0.25, 0.3) is 21.2 Å². The molecule has 0 unspecified atom stereocenters. The lowest BCUT2D eigenvalue weighted by Gasteiger charge is -2.21. The molecule has 196 valence electrons. The Kier molecular flexibility index (Phi) is 7.20. The average molecular weight is 530 g/mol. The summed E-state index contributed by atoms with van der Waals surface area (Å²) in [7, 11) is 1.66. The zero-order valence-corrected chi connectivity index (χ0v) is 22.3. The topological polar surface area (TPSA) is 57.2 Å². The predicted octanol–water partition coefficient (Wildman–Crippen LogP) is 6.10. The number of rotatable bonds is 7. The van der Waals surface area contributed by atoms with Crippen molar-refractivity contribution < 1.29 is 23.7 Å². The Bertz CT molecular complexity index is 1440. The molecule has 3 heterocycles. The van der Waals surface area contributed by atoms with Gasteiger partial charge in [-0.3, -0.25) is 4.79 Å². The van der Waals surface area contributed by atoms with Crippen molar-refractivity contribution in [3.8, 4) is 28.4 Å². The van der Waals surface area contributed by atoms with E-state index in [1.165, 1.54) is 15.6 Å². The summed E-state index contributed by atoms with van der Waals surface area (Å²) in [5.74, 6) is 2.38. The molecule has 1 saturated heterocycles. The number of thiophene rings is 1. The number of aryl methyl sites for hydroxylation is 1. The van der Waals surface area contributed by atoms with Crippen LogP contribution in [-0.4, -0.2) is 50.4 Å². The number of fused-ring (bicyclic) bond motifs is 2. The lowest BCUT2D eigenvalue weighted by Crippen LogP contribution is -2.32. The summed E-state index contributed by atoms with van der Waals surface area (Å²) in [4.78, 5) is 15.3. The van der Waals surface area contributed by atoms with E-state index in [-0.39, 0.29) is 12.0 Å². The number of methoxy groups -OCH3 is 1. The Morgan fingerprint density at radius 1 is 1.08 bits per heavy atom. The van der Waals surface area contributed by atoms with Gasteiger partial charge in [0.1, 0.15) is 18.5 Å². The first-order valence-corrected chi connectivity index (χ1v) is 14.0. The Hall–Kier alpha value is -3.55. The maximum atomic E-state index is 13.4. The minimum absolute atomic E-state index is 0.000917. The van der Waals surface area contributed by atoms with Crippen LogP contribution in [0.2, 0.25) is 0 Å². The third-order valence-corrected chi connectivity index (χ3v) is 8.19. The van der Waals surface area contributed by atoms with Crippen LogP contribution in [0.1, 0.15) is 24.0 Å². The van der Waals surface area contributed by atoms with Crippen molar-refractivity contribution >= 4 is 27.3 Å². The van der Waals surface area contributed by atoms with Gasteiger partial charge >= 0.3 is 0 Å². The van der Waals surface area contributed by atoms with Gasteiger partial charge in [-0.1, -0.05) is 36.4 Å². The third-order valence-electron chi connectivity index (χ3n) is 7.23. The molecule has 2 aliphatic heterocycles. The van der Waals surface area contributed by atoms with Crippen LogP contribution in [0.3, 0.4) is 0 Å². The minimum atomic E-state index is -0.000917. The van der Waals surface area contributed by atoms with Gasteiger partial charge in [0.05, 0.1) is 26.9 Å². The molecular weight excluding hydrogens is 498 g/mol. The lowest BCUT2D eigenvalue weighted by molar-refractivity contribution is -0.131. The van der Waals surface area contributed by atoms with Crippen molar-refractivity contribution in [2.75, 3.05) is 33.5 Å². The van der Waals surface area contributed by atoms with Crippen LogP contribution >= 0.6 is 11.3 Å². The first kappa shape index (κ1) is 24.8. The Labute approximate surface area is 226 Å². The Balaban J connectivity index is 1.30. The fourth-order valence-electron chi connectivity index (χ4n) is 5.24. The normalized spacial score (nSPS) is 17.1. The van der Waals surface area contributed by atoms with Gasteiger partial charge in [0.2, 0.25) is 5.91 Å². The van der Waals surface area contributed by atoms with E-state index < -0.39 is 0 Å². The number of hydrogen-bond acceptors (Lipinski definition) is 6. The maximum absolute atomic E-state index is 13.4. The number of carbonyl (C=O) groups is 1. The first-order valence-electron chi connectivity index (χ1n) is 13.1. The summed E-state index contributed by atoms with van der Waals surface area (Å²) in [5.41, 5.74) is 4.24. The standard InChI is InChI=1S/C31H31NO5S/c1-34-27-8-4-2-6-21(27)10-11-30(33)32-13-15-36-31-23(18-32)16-22(17-28(31)37-24-12-14-35-19-24)26-20-38-29-9-5-3-7-25(26)29/h2-9,16-17,20,24H,10-15,18-19H2,1H3/t24-/m1/s1. The molecule has 0 bridgehead atoms. The molecule has 1 aromatic heterocycles. The molecule has 7 heteroatoms. The van der Waals surface area contributed by atoms with Crippen molar-refractivity contribution in [2.45, 2.75) is 31.9 Å². The molecule has 1 atom stereocenters. The molecule has 0 saturated carbocycles. The molecule has 0 aliphatic carbocycles. The zero-order chi connectivity index (χ0) is 25.9. The maximum Gasteiger partial charge on any atom is 0.223 e. The van der Waals surface area contributed by atoms with Gasteiger partial charge in [-0.15, -0.1) is 11.3 Å². The number of carbonyl (C=O) groups excluding carboxylic acids is 1. The van der Waals surface area contributed by atoms with E-state index in [1.807, 2.05) is 29.2 Å². The van der Waals surface area contributed by atoms with Gasteiger partial charge in [0.15, 0.2) is 11.5 Å². The molecule has 6 rings (SSSR count). The van der Waals surface area contributed by atoms with E-state index in [0.717, 1.165) is 40.4 Å². The van der Waals surface area contributed by atoms with Gasteiger partial charge in [-0.25, -0.2) is 0 Å². The number of ether oxygens (including phenoxy) is 4. The van der Waals surface area contributed by atoms with Gasteiger partial charge in [-0.2, -0.15) is 0 Å². The highest BCUT2D eigenvalue weighted by atomic mass is 32.1. The molecule has 2 aliphatic rings. The monoisotopic (exact) mass is 529 g/mol. The van der Waals surface area contributed by atoms with E-state index >= 15 is 0 Å². The highest BCUT2D eigenvalue weighted by Crippen LogP contribution is 2.42. The quantitative estimate of drug-likeness (QED) is 0.290. The molecule has 0 radical (unpaired) electrons. The summed E-state index contributed by atoms with van der Waals surface area (Å²) in [6.07, 6.45) is 1.89. The van der Waals surface area contributed by atoms with E-state index in [4.69, 9.17) is 18.9 Å². The fraction of sp³-hybridized carbons (Fsp3) is 0.323. The lowest BCUT2D eigenvalue weighted by atomic mass is 10.0. The summed E-state index contributed by atoms with van der Waals surface area (Å²) in [5, 5.41) is 3.41. The molecule has 6 nitrogen and oxygen atoms in total. The molecule has 0 N–H and O–H groups in total. The van der Waals surface area contributed by atoms with E-state index in [1.54, 1.807) is 18.4 Å². The van der Waals surface area contributed by atoms with Crippen molar-refractivity contribution in [3.63, 3.8) is 0 Å². The van der Waals surface area contributed by atoms with Crippen LogP contribution in [0, 0.1) is 0 Å². The summed E-state index contributed by atoms with van der Waals surface area (Å²) in [6.45, 7) is 2.71. The Morgan fingerprint density at radius 2 is 1.95 bits per heavy atom. The van der Waals surface area contributed by atoms with Crippen molar-refractivity contribution in [1.82, 2.24) is 4.90 Å². The largest absolute Gasteiger partial charge is 0.496 e. The van der Waals surface area contributed by atoms with Crippen molar-refractivity contribution in [2.24, 2.45) is 0 Å². The van der Waals surface area contributed by atoms with Crippen LogP contribution in [0.15, 0.2) is 66.0 Å². The summed E-state index contributed by atoms with van der Waals surface area (Å²) >= 11 is 1.74. The fourth-order valence-corrected chi connectivity index (χ4v) is 6.21. The van der Waals surface area contributed by atoms with Crippen molar-refractivity contribution in [1.29, 1.82) is 0 Å². The minimum Gasteiger partial charge on any atom is -0.496 e. The molecular formula is C31H31NO5S. The Morgan fingerprint density at radius 3 is 2.82 bits per heavy atom. The molecule has 0 spiro atoms.